The zero-order valence-electron chi connectivity index (χ0n) is 12.9. The number of amides is 1. The van der Waals surface area contributed by atoms with Gasteiger partial charge in [0.25, 0.3) is 5.91 Å². The van der Waals surface area contributed by atoms with E-state index in [1.807, 2.05) is 13.8 Å². The van der Waals surface area contributed by atoms with Crippen molar-refractivity contribution < 1.29 is 19.4 Å². The number of aliphatic hydroxyl groups excluding tert-OH is 1. The molecule has 0 saturated carbocycles. The fourth-order valence-corrected chi connectivity index (χ4v) is 1.91. The third-order valence-electron chi connectivity index (χ3n) is 2.93. The van der Waals surface area contributed by atoms with E-state index in [2.05, 4.69) is 5.32 Å². The van der Waals surface area contributed by atoms with Crippen molar-refractivity contribution in [3.05, 3.63) is 23.8 Å². The first-order valence-electron chi connectivity index (χ1n) is 7.51. The molecule has 0 bridgehead atoms. The summed E-state index contributed by atoms with van der Waals surface area (Å²) in [4.78, 5) is 12.0. The van der Waals surface area contributed by atoms with E-state index in [-0.39, 0.29) is 12.5 Å². The van der Waals surface area contributed by atoms with E-state index in [0.717, 1.165) is 19.3 Å². The molecule has 1 aromatic rings. The van der Waals surface area contributed by atoms with Gasteiger partial charge in [-0.1, -0.05) is 0 Å². The summed E-state index contributed by atoms with van der Waals surface area (Å²) in [7, 11) is 0. The summed E-state index contributed by atoms with van der Waals surface area (Å²) in [6, 6.07) is 5.20. The lowest BCUT2D eigenvalue weighted by Gasteiger charge is -2.12. The first-order chi connectivity index (χ1) is 10.2. The average molecular weight is 295 g/mol. The number of rotatable bonds is 10. The Balaban J connectivity index is 2.60. The second-order valence-electron chi connectivity index (χ2n) is 4.57. The number of benzene rings is 1. The van der Waals surface area contributed by atoms with Crippen molar-refractivity contribution in [1.82, 2.24) is 5.32 Å². The van der Waals surface area contributed by atoms with Crippen LogP contribution in [0.3, 0.4) is 0 Å². The summed E-state index contributed by atoms with van der Waals surface area (Å²) in [5, 5.41) is 11.6. The molecule has 21 heavy (non-hydrogen) atoms. The van der Waals surface area contributed by atoms with Crippen LogP contribution in [-0.4, -0.2) is 37.4 Å². The lowest BCUT2D eigenvalue weighted by Crippen LogP contribution is -2.24. The molecule has 0 aliphatic heterocycles. The molecule has 0 aliphatic carbocycles. The van der Waals surface area contributed by atoms with Crippen molar-refractivity contribution in [3.8, 4) is 11.5 Å². The van der Waals surface area contributed by atoms with Crippen LogP contribution in [0.25, 0.3) is 0 Å². The number of aliphatic hydroxyl groups is 1. The number of ether oxygens (including phenoxy) is 2. The molecule has 0 spiro atoms. The molecule has 1 aromatic carbocycles. The Labute approximate surface area is 126 Å². The Kier molecular flexibility index (Phi) is 8.28. The van der Waals surface area contributed by atoms with E-state index in [1.54, 1.807) is 18.2 Å². The summed E-state index contributed by atoms with van der Waals surface area (Å²) in [5.41, 5.74) is 0.559. The van der Waals surface area contributed by atoms with E-state index in [4.69, 9.17) is 14.6 Å². The first-order valence-corrected chi connectivity index (χ1v) is 7.51. The Morgan fingerprint density at radius 2 is 1.81 bits per heavy atom. The average Bonchev–Trinajstić information content (AvgIpc) is 2.49. The number of unbranched alkanes of at least 4 members (excludes halogenated alkanes) is 2. The maximum atomic E-state index is 12.0. The molecule has 0 aliphatic rings. The van der Waals surface area contributed by atoms with Crippen LogP contribution in [0.5, 0.6) is 11.5 Å². The highest BCUT2D eigenvalue weighted by Gasteiger charge is 2.11. The largest absolute Gasteiger partial charge is 0.490 e. The maximum Gasteiger partial charge on any atom is 0.251 e. The zero-order valence-corrected chi connectivity index (χ0v) is 12.9. The van der Waals surface area contributed by atoms with Gasteiger partial charge >= 0.3 is 0 Å². The smallest absolute Gasteiger partial charge is 0.251 e. The van der Waals surface area contributed by atoms with Gasteiger partial charge in [-0.15, -0.1) is 0 Å². The molecular weight excluding hydrogens is 270 g/mol. The van der Waals surface area contributed by atoms with Gasteiger partial charge in [0.15, 0.2) is 11.5 Å². The van der Waals surface area contributed by atoms with Gasteiger partial charge in [0.2, 0.25) is 0 Å². The van der Waals surface area contributed by atoms with Crippen molar-refractivity contribution in [2.24, 2.45) is 0 Å². The van der Waals surface area contributed by atoms with Crippen molar-refractivity contribution in [2.45, 2.75) is 33.1 Å². The molecule has 5 nitrogen and oxygen atoms in total. The van der Waals surface area contributed by atoms with Crippen molar-refractivity contribution in [3.63, 3.8) is 0 Å². The molecular formula is C16H25NO4. The SMILES string of the molecule is CCOc1ccc(C(=O)NCCCCCO)cc1OCC. The van der Waals surface area contributed by atoms with Crippen molar-refractivity contribution in [1.29, 1.82) is 0 Å². The molecule has 0 unspecified atom stereocenters. The van der Waals surface area contributed by atoms with Crippen LogP contribution in [0.1, 0.15) is 43.5 Å². The predicted octanol–water partition coefficient (Wildman–Crippen LogP) is 2.38. The molecule has 1 rings (SSSR count). The van der Waals surface area contributed by atoms with Crippen LogP contribution >= 0.6 is 0 Å². The Morgan fingerprint density at radius 3 is 2.48 bits per heavy atom. The van der Waals surface area contributed by atoms with E-state index < -0.39 is 0 Å². The van der Waals surface area contributed by atoms with Crippen LogP contribution in [0.4, 0.5) is 0 Å². The number of carbonyl (C=O) groups excluding carboxylic acids is 1. The molecule has 2 N–H and O–H groups in total. The molecule has 0 radical (unpaired) electrons. The number of carbonyl (C=O) groups is 1. The second-order valence-corrected chi connectivity index (χ2v) is 4.57. The fraction of sp³-hybridized carbons (Fsp3) is 0.562. The van der Waals surface area contributed by atoms with Crippen molar-refractivity contribution >= 4 is 5.91 Å². The second kappa shape index (κ2) is 10.0. The summed E-state index contributed by atoms with van der Waals surface area (Å²) >= 11 is 0. The minimum Gasteiger partial charge on any atom is -0.490 e. The number of hydrogen-bond donors (Lipinski definition) is 2. The molecule has 0 heterocycles. The lowest BCUT2D eigenvalue weighted by atomic mass is 10.1. The Hall–Kier alpha value is -1.75. The van der Waals surface area contributed by atoms with E-state index in [0.29, 0.717) is 36.8 Å². The first kappa shape index (κ1) is 17.3. The van der Waals surface area contributed by atoms with Crippen molar-refractivity contribution in [2.75, 3.05) is 26.4 Å². The minimum atomic E-state index is -0.122. The lowest BCUT2D eigenvalue weighted by molar-refractivity contribution is 0.0952. The molecule has 0 saturated heterocycles. The van der Waals surface area contributed by atoms with Gasteiger partial charge in [-0.25, -0.2) is 0 Å². The van der Waals surface area contributed by atoms with Crippen LogP contribution in [0.2, 0.25) is 0 Å². The Bertz CT molecular complexity index is 434. The van der Waals surface area contributed by atoms with Gasteiger partial charge in [0.05, 0.1) is 13.2 Å². The van der Waals surface area contributed by atoms with Gasteiger partial charge < -0.3 is 19.9 Å². The van der Waals surface area contributed by atoms with Gasteiger partial charge in [-0.2, -0.15) is 0 Å². The topological polar surface area (TPSA) is 67.8 Å². The number of nitrogens with one attached hydrogen (secondary N) is 1. The molecule has 0 aromatic heterocycles. The van der Waals surface area contributed by atoms with Crippen LogP contribution < -0.4 is 14.8 Å². The Morgan fingerprint density at radius 1 is 1.10 bits per heavy atom. The summed E-state index contributed by atoms with van der Waals surface area (Å²) in [5.74, 6) is 1.12. The third kappa shape index (κ3) is 6.04. The summed E-state index contributed by atoms with van der Waals surface area (Å²) < 4.78 is 11.0. The van der Waals surface area contributed by atoms with Gasteiger partial charge in [0, 0.05) is 18.7 Å². The fourth-order valence-electron chi connectivity index (χ4n) is 1.91. The maximum absolute atomic E-state index is 12.0. The van der Waals surface area contributed by atoms with E-state index in [9.17, 15) is 4.79 Å². The minimum absolute atomic E-state index is 0.122. The van der Waals surface area contributed by atoms with Gasteiger partial charge in [0.1, 0.15) is 0 Å². The van der Waals surface area contributed by atoms with E-state index >= 15 is 0 Å². The quantitative estimate of drug-likeness (QED) is 0.650. The standard InChI is InChI=1S/C16H25NO4/c1-3-20-14-9-8-13(12-15(14)21-4-2)16(19)17-10-6-5-7-11-18/h8-9,12,18H,3-7,10-11H2,1-2H3,(H,17,19). The highest BCUT2D eigenvalue weighted by atomic mass is 16.5. The molecule has 5 heteroatoms. The van der Waals surface area contributed by atoms with Crippen LogP contribution in [0.15, 0.2) is 18.2 Å². The zero-order chi connectivity index (χ0) is 15.5. The van der Waals surface area contributed by atoms with Gasteiger partial charge in [-0.05, 0) is 51.3 Å². The summed E-state index contributed by atoms with van der Waals surface area (Å²) in [6.07, 6.45) is 2.54. The van der Waals surface area contributed by atoms with Gasteiger partial charge in [-0.3, -0.25) is 4.79 Å². The summed E-state index contributed by atoms with van der Waals surface area (Å²) in [6.45, 7) is 5.68. The normalized spacial score (nSPS) is 10.2. The molecule has 0 fully saturated rings. The highest BCUT2D eigenvalue weighted by molar-refractivity contribution is 5.94. The number of hydrogen-bond acceptors (Lipinski definition) is 4. The van der Waals surface area contributed by atoms with Crippen LogP contribution in [-0.2, 0) is 0 Å². The predicted molar refractivity (Wildman–Crippen MR) is 82.1 cm³/mol. The molecule has 118 valence electrons. The van der Waals surface area contributed by atoms with E-state index in [1.165, 1.54) is 0 Å². The van der Waals surface area contributed by atoms with Crippen LogP contribution in [0, 0.1) is 0 Å². The molecule has 1 amide bonds. The monoisotopic (exact) mass is 295 g/mol. The highest BCUT2D eigenvalue weighted by Crippen LogP contribution is 2.28. The third-order valence-corrected chi connectivity index (χ3v) is 2.93. The molecule has 0 atom stereocenters.